The van der Waals surface area contributed by atoms with Crippen LogP contribution in [0.15, 0.2) is 65.9 Å². The van der Waals surface area contributed by atoms with E-state index in [0.29, 0.717) is 24.0 Å². The first-order valence-corrected chi connectivity index (χ1v) is 8.22. The first-order chi connectivity index (χ1) is 12.8. The van der Waals surface area contributed by atoms with E-state index < -0.39 is 0 Å². The van der Waals surface area contributed by atoms with Gasteiger partial charge in [-0.3, -0.25) is 0 Å². The molecule has 0 aliphatic rings. The number of methoxy groups -OCH3 is 1. The van der Waals surface area contributed by atoms with E-state index in [1.54, 1.807) is 7.11 Å². The van der Waals surface area contributed by atoms with Crippen LogP contribution in [0.3, 0.4) is 0 Å². The van der Waals surface area contributed by atoms with Gasteiger partial charge in [-0.1, -0.05) is 30.3 Å². The smallest absolute Gasteiger partial charge is 0.224 e. The van der Waals surface area contributed by atoms with E-state index in [2.05, 4.69) is 25.7 Å². The minimum Gasteiger partial charge on any atom is -0.497 e. The minimum absolute atomic E-state index is 0.384. The molecule has 7 heteroatoms. The van der Waals surface area contributed by atoms with Gasteiger partial charge >= 0.3 is 0 Å². The zero-order valence-electron chi connectivity index (χ0n) is 14.4. The summed E-state index contributed by atoms with van der Waals surface area (Å²) in [6.45, 7) is 0.689. The Morgan fingerprint density at radius 3 is 2.54 bits per heavy atom. The van der Waals surface area contributed by atoms with Crippen LogP contribution >= 0.6 is 0 Å². The highest BCUT2D eigenvalue weighted by molar-refractivity contribution is 5.68. The Bertz CT molecular complexity index is 852. The second-order valence-electron chi connectivity index (χ2n) is 5.56. The lowest BCUT2D eigenvalue weighted by Gasteiger charge is -2.10. The SMILES string of the molecule is COc1ccc(CCNc2ncc(N=N)c(Nc3ccccc3)n2)cc1. The summed E-state index contributed by atoms with van der Waals surface area (Å²) in [5.41, 5.74) is 9.73. The van der Waals surface area contributed by atoms with E-state index in [4.69, 9.17) is 10.3 Å². The lowest BCUT2D eigenvalue weighted by molar-refractivity contribution is 0.414. The third-order valence-electron chi connectivity index (χ3n) is 3.78. The first kappa shape index (κ1) is 17.3. The average molecular weight is 348 g/mol. The van der Waals surface area contributed by atoms with Crippen molar-refractivity contribution in [2.24, 2.45) is 5.11 Å². The van der Waals surface area contributed by atoms with Crippen LogP contribution in [-0.2, 0) is 6.42 Å². The minimum atomic E-state index is 0.384. The lowest BCUT2D eigenvalue weighted by Crippen LogP contribution is -2.09. The molecule has 132 valence electrons. The fraction of sp³-hybridized carbons (Fsp3) is 0.158. The number of para-hydroxylation sites is 1. The molecule has 0 bridgehead atoms. The van der Waals surface area contributed by atoms with Gasteiger partial charge in [-0.2, -0.15) is 10.1 Å². The summed E-state index contributed by atoms with van der Waals surface area (Å²) >= 11 is 0. The number of anilines is 3. The third-order valence-corrected chi connectivity index (χ3v) is 3.78. The van der Waals surface area contributed by atoms with Crippen molar-refractivity contribution in [3.05, 3.63) is 66.4 Å². The predicted octanol–water partition coefficient (Wildman–Crippen LogP) is 4.55. The zero-order chi connectivity index (χ0) is 18.2. The molecule has 0 saturated heterocycles. The highest BCUT2D eigenvalue weighted by Crippen LogP contribution is 2.26. The van der Waals surface area contributed by atoms with Crippen molar-refractivity contribution < 1.29 is 4.74 Å². The molecule has 0 spiro atoms. The third kappa shape index (κ3) is 4.54. The van der Waals surface area contributed by atoms with Crippen molar-refractivity contribution in [2.75, 3.05) is 24.3 Å². The molecule has 0 amide bonds. The molecule has 1 aromatic heterocycles. The molecular formula is C19H20N6O. The zero-order valence-corrected chi connectivity index (χ0v) is 14.4. The van der Waals surface area contributed by atoms with Gasteiger partial charge < -0.3 is 15.4 Å². The largest absolute Gasteiger partial charge is 0.497 e. The fourth-order valence-corrected chi connectivity index (χ4v) is 2.40. The molecule has 0 atom stereocenters. The van der Waals surface area contributed by atoms with Crippen LogP contribution in [0.1, 0.15) is 5.56 Å². The van der Waals surface area contributed by atoms with Gasteiger partial charge in [0.25, 0.3) is 0 Å². The lowest BCUT2D eigenvalue weighted by atomic mass is 10.1. The molecule has 2 aromatic carbocycles. The van der Waals surface area contributed by atoms with Crippen molar-refractivity contribution in [3.63, 3.8) is 0 Å². The van der Waals surface area contributed by atoms with E-state index in [-0.39, 0.29) is 0 Å². The predicted molar refractivity (Wildman–Crippen MR) is 102 cm³/mol. The van der Waals surface area contributed by atoms with Gasteiger partial charge in [0.15, 0.2) is 5.82 Å². The Hall–Kier alpha value is -3.48. The highest BCUT2D eigenvalue weighted by Gasteiger charge is 2.07. The van der Waals surface area contributed by atoms with Crippen molar-refractivity contribution >= 4 is 23.1 Å². The second kappa shape index (κ2) is 8.57. The molecule has 0 fully saturated rings. The number of aromatic nitrogens is 2. The summed E-state index contributed by atoms with van der Waals surface area (Å²) in [7, 11) is 1.65. The van der Waals surface area contributed by atoms with Crippen molar-refractivity contribution in [1.29, 1.82) is 5.53 Å². The number of rotatable bonds is 8. The van der Waals surface area contributed by atoms with Crippen LogP contribution in [0.25, 0.3) is 0 Å². The molecule has 3 N–H and O–H groups in total. The van der Waals surface area contributed by atoms with Crippen molar-refractivity contribution in [3.8, 4) is 5.75 Å². The van der Waals surface area contributed by atoms with Crippen LogP contribution < -0.4 is 15.4 Å². The molecule has 0 aliphatic carbocycles. The van der Waals surface area contributed by atoms with Gasteiger partial charge in [0.2, 0.25) is 5.95 Å². The second-order valence-corrected chi connectivity index (χ2v) is 5.56. The van der Waals surface area contributed by atoms with Gasteiger partial charge in [0.1, 0.15) is 11.4 Å². The summed E-state index contributed by atoms with van der Waals surface area (Å²) < 4.78 is 5.16. The Labute approximate surface area is 152 Å². The molecule has 0 aliphatic heterocycles. The van der Waals surface area contributed by atoms with Crippen LogP contribution in [0, 0.1) is 5.53 Å². The highest BCUT2D eigenvalue weighted by atomic mass is 16.5. The topological polar surface area (TPSA) is 95.3 Å². The molecule has 1 heterocycles. The van der Waals surface area contributed by atoms with Gasteiger partial charge in [0.05, 0.1) is 13.3 Å². The van der Waals surface area contributed by atoms with Crippen LogP contribution in [0.2, 0.25) is 0 Å². The Balaban J connectivity index is 1.64. The van der Waals surface area contributed by atoms with Gasteiger partial charge in [0, 0.05) is 12.2 Å². The molecule has 0 radical (unpaired) electrons. The summed E-state index contributed by atoms with van der Waals surface area (Å²) in [5, 5.41) is 9.84. The molecular weight excluding hydrogens is 328 g/mol. The quantitative estimate of drug-likeness (QED) is 0.519. The number of ether oxygens (including phenoxy) is 1. The number of hydrogen-bond donors (Lipinski definition) is 3. The van der Waals surface area contributed by atoms with E-state index in [1.165, 1.54) is 11.8 Å². The Morgan fingerprint density at radius 2 is 1.85 bits per heavy atom. The summed E-state index contributed by atoms with van der Waals surface area (Å²) in [6, 6.07) is 17.6. The number of nitrogens with one attached hydrogen (secondary N) is 3. The van der Waals surface area contributed by atoms with E-state index in [1.807, 2.05) is 54.6 Å². The standard InChI is InChI=1S/C19H20N6O/c1-26-16-9-7-14(8-10-16)11-12-21-19-22-13-17(25-20)18(24-19)23-15-5-3-2-4-6-15/h2-10,13,20H,11-12H2,1H3,(H2,21,22,23,24). The van der Waals surface area contributed by atoms with E-state index in [0.717, 1.165) is 17.9 Å². The molecule has 0 unspecified atom stereocenters. The van der Waals surface area contributed by atoms with Crippen LogP contribution in [0.4, 0.5) is 23.1 Å². The van der Waals surface area contributed by atoms with Gasteiger partial charge in [-0.25, -0.2) is 10.5 Å². The van der Waals surface area contributed by atoms with Gasteiger partial charge in [-0.15, -0.1) is 0 Å². The summed E-state index contributed by atoms with van der Waals surface area (Å²) in [5.74, 6) is 1.83. The Morgan fingerprint density at radius 1 is 1.08 bits per heavy atom. The van der Waals surface area contributed by atoms with Crippen LogP contribution in [0.5, 0.6) is 5.75 Å². The monoisotopic (exact) mass is 348 g/mol. The molecule has 26 heavy (non-hydrogen) atoms. The summed E-state index contributed by atoms with van der Waals surface area (Å²) in [6.07, 6.45) is 2.36. The maximum absolute atomic E-state index is 7.28. The first-order valence-electron chi connectivity index (χ1n) is 8.22. The maximum Gasteiger partial charge on any atom is 0.224 e. The molecule has 7 nitrogen and oxygen atoms in total. The number of hydrogen-bond acceptors (Lipinski definition) is 7. The van der Waals surface area contributed by atoms with Crippen molar-refractivity contribution in [1.82, 2.24) is 9.97 Å². The van der Waals surface area contributed by atoms with Crippen molar-refractivity contribution in [2.45, 2.75) is 6.42 Å². The average Bonchev–Trinajstić information content (AvgIpc) is 2.69. The normalized spacial score (nSPS) is 10.2. The summed E-state index contributed by atoms with van der Waals surface area (Å²) in [4.78, 5) is 8.64. The maximum atomic E-state index is 7.28. The number of nitrogens with zero attached hydrogens (tertiary/aromatic N) is 3. The molecule has 0 saturated carbocycles. The molecule has 3 aromatic rings. The van der Waals surface area contributed by atoms with Gasteiger partial charge in [-0.05, 0) is 36.2 Å². The fourth-order valence-electron chi connectivity index (χ4n) is 2.40. The molecule has 3 rings (SSSR count). The van der Waals surface area contributed by atoms with E-state index >= 15 is 0 Å². The Kier molecular flexibility index (Phi) is 5.72. The number of benzene rings is 2. The van der Waals surface area contributed by atoms with E-state index in [9.17, 15) is 0 Å². The van der Waals surface area contributed by atoms with Crippen LogP contribution in [-0.4, -0.2) is 23.6 Å².